The van der Waals surface area contributed by atoms with Crippen molar-refractivity contribution < 1.29 is 22.8 Å². The Morgan fingerprint density at radius 1 is 0.933 bits per heavy atom. The highest BCUT2D eigenvalue weighted by Crippen LogP contribution is 2.24. The van der Waals surface area contributed by atoms with Crippen LogP contribution in [0.5, 0.6) is 5.75 Å². The smallest absolute Gasteiger partial charge is 0.262 e. The summed E-state index contributed by atoms with van der Waals surface area (Å²) in [6.07, 6.45) is 0. The van der Waals surface area contributed by atoms with Crippen molar-refractivity contribution >= 4 is 11.6 Å². The van der Waals surface area contributed by atoms with E-state index >= 15 is 0 Å². The van der Waals surface area contributed by atoms with E-state index in [9.17, 15) is 13.6 Å². The lowest BCUT2D eigenvalue weighted by Crippen LogP contribution is -2.20. The van der Waals surface area contributed by atoms with Crippen LogP contribution in [0, 0.1) is 11.6 Å². The third-order valence-electron chi connectivity index (χ3n) is 4.08. The number of hydrogen-bond donors (Lipinski definition) is 1. The van der Waals surface area contributed by atoms with Gasteiger partial charge >= 0.3 is 0 Å². The van der Waals surface area contributed by atoms with E-state index in [1.165, 1.54) is 0 Å². The van der Waals surface area contributed by atoms with Crippen LogP contribution in [0.2, 0.25) is 0 Å². The van der Waals surface area contributed by atoms with Crippen LogP contribution >= 0.6 is 0 Å². The molecular weight excluding hydrogens is 392 g/mol. The second kappa shape index (κ2) is 8.52. The summed E-state index contributed by atoms with van der Waals surface area (Å²) in [5, 5.41) is 6.35. The summed E-state index contributed by atoms with van der Waals surface area (Å²) < 4.78 is 37.0. The molecule has 1 N–H and O–H groups in total. The zero-order valence-corrected chi connectivity index (χ0v) is 15.5. The third-order valence-corrected chi connectivity index (χ3v) is 4.08. The van der Waals surface area contributed by atoms with Gasteiger partial charge in [0.05, 0.1) is 0 Å². The van der Waals surface area contributed by atoms with E-state index < -0.39 is 17.5 Å². The van der Waals surface area contributed by atoms with Crippen molar-refractivity contribution in [3.63, 3.8) is 0 Å². The average molecular weight is 407 g/mol. The second-order valence-electron chi connectivity index (χ2n) is 6.31. The van der Waals surface area contributed by atoms with E-state index in [0.717, 1.165) is 23.8 Å². The first-order valence-electron chi connectivity index (χ1n) is 8.95. The Bertz CT molecular complexity index is 1140. The minimum absolute atomic E-state index is 0.0158. The molecule has 3 aromatic carbocycles. The zero-order valence-electron chi connectivity index (χ0n) is 15.5. The standard InChI is InChI=1S/C22H15F2N3O3/c23-16-10-17(24)12-18(11-16)25-20(28)13-29-19-8-6-15(7-9-19)22-26-21(27-30-22)14-4-2-1-3-5-14/h1-12H,13H2,(H,25,28). The van der Waals surface area contributed by atoms with Crippen molar-refractivity contribution in [1.29, 1.82) is 0 Å². The summed E-state index contributed by atoms with van der Waals surface area (Å²) >= 11 is 0. The molecule has 0 atom stereocenters. The van der Waals surface area contributed by atoms with Crippen LogP contribution in [0.1, 0.15) is 0 Å². The van der Waals surface area contributed by atoms with Gasteiger partial charge in [-0.05, 0) is 36.4 Å². The van der Waals surface area contributed by atoms with E-state index in [-0.39, 0.29) is 12.3 Å². The lowest BCUT2D eigenvalue weighted by molar-refractivity contribution is -0.118. The molecule has 4 aromatic rings. The summed E-state index contributed by atoms with van der Waals surface area (Å²) in [7, 11) is 0. The molecule has 0 fully saturated rings. The summed E-state index contributed by atoms with van der Waals surface area (Å²) in [5.41, 5.74) is 1.55. The second-order valence-corrected chi connectivity index (χ2v) is 6.31. The molecule has 150 valence electrons. The average Bonchev–Trinajstić information content (AvgIpc) is 3.23. The van der Waals surface area contributed by atoms with Gasteiger partial charge in [0.25, 0.3) is 11.8 Å². The maximum atomic E-state index is 13.2. The normalized spacial score (nSPS) is 10.6. The van der Waals surface area contributed by atoms with Gasteiger partial charge in [0.1, 0.15) is 17.4 Å². The lowest BCUT2D eigenvalue weighted by atomic mass is 10.2. The zero-order chi connectivity index (χ0) is 20.9. The van der Waals surface area contributed by atoms with Gasteiger partial charge in [0, 0.05) is 22.9 Å². The Morgan fingerprint density at radius 3 is 2.33 bits per heavy atom. The highest BCUT2D eigenvalue weighted by Gasteiger charge is 2.11. The van der Waals surface area contributed by atoms with Crippen LogP contribution in [0.4, 0.5) is 14.5 Å². The maximum absolute atomic E-state index is 13.2. The number of amides is 1. The van der Waals surface area contributed by atoms with Crippen molar-refractivity contribution in [1.82, 2.24) is 10.1 Å². The van der Waals surface area contributed by atoms with Gasteiger partial charge in [-0.15, -0.1) is 0 Å². The molecule has 1 aromatic heterocycles. The maximum Gasteiger partial charge on any atom is 0.262 e. The van der Waals surface area contributed by atoms with Crippen molar-refractivity contribution in [2.24, 2.45) is 0 Å². The van der Waals surface area contributed by atoms with Gasteiger partial charge in [0.15, 0.2) is 6.61 Å². The molecule has 0 radical (unpaired) electrons. The van der Waals surface area contributed by atoms with Gasteiger partial charge in [-0.3, -0.25) is 4.79 Å². The molecular formula is C22H15F2N3O3. The predicted octanol–water partition coefficient (Wildman–Crippen LogP) is 4.70. The van der Waals surface area contributed by atoms with Gasteiger partial charge < -0.3 is 14.6 Å². The minimum atomic E-state index is -0.779. The number of anilines is 1. The summed E-state index contributed by atoms with van der Waals surface area (Å²) in [4.78, 5) is 16.3. The van der Waals surface area contributed by atoms with E-state index in [4.69, 9.17) is 9.26 Å². The Kier molecular flexibility index (Phi) is 5.47. The monoisotopic (exact) mass is 407 g/mol. The first-order chi connectivity index (χ1) is 14.6. The minimum Gasteiger partial charge on any atom is -0.484 e. The van der Waals surface area contributed by atoms with Crippen LogP contribution in [-0.2, 0) is 4.79 Å². The number of nitrogens with one attached hydrogen (secondary N) is 1. The van der Waals surface area contributed by atoms with Crippen LogP contribution in [-0.4, -0.2) is 22.7 Å². The summed E-state index contributed by atoms with van der Waals surface area (Å²) in [5.74, 6) is -0.838. The van der Waals surface area contributed by atoms with E-state index in [1.807, 2.05) is 30.3 Å². The quantitative estimate of drug-likeness (QED) is 0.501. The molecule has 0 saturated carbocycles. The number of ether oxygens (including phenoxy) is 1. The van der Waals surface area contributed by atoms with Crippen molar-refractivity contribution in [3.8, 4) is 28.6 Å². The number of nitrogens with zero attached hydrogens (tertiary/aromatic N) is 2. The van der Waals surface area contributed by atoms with Crippen molar-refractivity contribution in [3.05, 3.63) is 84.4 Å². The first-order valence-corrected chi connectivity index (χ1v) is 8.95. The highest BCUT2D eigenvalue weighted by atomic mass is 19.1. The predicted molar refractivity (Wildman–Crippen MR) is 106 cm³/mol. The van der Waals surface area contributed by atoms with Crippen LogP contribution < -0.4 is 10.1 Å². The molecule has 0 spiro atoms. The number of hydrogen-bond acceptors (Lipinski definition) is 5. The number of halogens is 2. The van der Waals surface area contributed by atoms with E-state index in [2.05, 4.69) is 15.5 Å². The SMILES string of the molecule is O=C(COc1ccc(-c2nc(-c3ccccc3)no2)cc1)Nc1cc(F)cc(F)c1. The Balaban J connectivity index is 1.36. The molecule has 0 aliphatic carbocycles. The van der Waals surface area contributed by atoms with Gasteiger partial charge in [-0.25, -0.2) is 8.78 Å². The molecule has 8 heteroatoms. The summed E-state index contributed by atoms with van der Waals surface area (Å²) in [6, 6.07) is 18.9. The number of rotatable bonds is 6. The molecule has 6 nitrogen and oxygen atoms in total. The number of carbonyl (C=O) groups excluding carboxylic acids is 1. The van der Waals surface area contributed by atoms with E-state index in [0.29, 0.717) is 23.0 Å². The number of benzene rings is 3. The summed E-state index contributed by atoms with van der Waals surface area (Å²) in [6.45, 7) is -0.323. The van der Waals surface area contributed by atoms with Crippen LogP contribution in [0.15, 0.2) is 77.3 Å². The highest BCUT2D eigenvalue weighted by molar-refractivity contribution is 5.91. The Labute approximate surface area is 170 Å². The Morgan fingerprint density at radius 2 is 1.63 bits per heavy atom. The molecule has 30 heavy (non-hydrogen) atoms. The lowest BCUT2D eigenvalue weighted by Gasteiger charge is -2.08. The molecule has 4 rings (SSSR count). The van der Waals surface area contributed by atoms with Gasteiger partial charge in [-0.1, -0.05) is 35.5 Å². The van der Waals surface area contributed by atoms with Gasteiger partial charge in [0.2, 0.25) is 5.82 Å². The fourth-order valence-corrected chi connectivity index (χ4v) is 2.71. The molecule has 0 saturated heterocycles. The molecule has 0 unspecified atom stereocenters. The fourth-order valence-electron chi connectivity index (χ4n) is 2.71. The van der Waals surface area contributed by atoms with Gasteiger partial charge in [-0.2, -0.15) is 4.98 Å². The number of aromatic nitrogens is 2. The number of carbonyl (C=O) groups is 1. The van der Waals surface area contributed by atoms with Crippen LogP contribution in [0.25, 0.3) is 22.8 Å². The largest absolute Gasteiger partial charge is 0.484 e. The van der Waals surface area contributed by atoms with Crippen LogP contribution in [0.3, 0.4) is 0 Å². The molecule has 1 heterocycles. The molecule has 0 aliphatic rings. The topological polar surface area (TPSA) is 77.2 Å². The third kappa shape index (κ3) is 4.67. The van der Waals surface area contributed by atoms with E-state index in [1.54, 1.807) is 24.3 Å². The fraction of sp³-hybridized carbons (Fsp3) is 0.0455. The van der Waals surface area contributed by atoms with Crippen molar-refractivity contribution in [2.45, 2.75) is 0 Å². The Hall–Kier alpha value is -4.07. The molecule has 0 bridgehead atoms. The molecule has 1 amide bonds. The first kappa shape index (κ1) is 19.3. The van der Waals surface area contributed by atoms with Crippen molar-refractivity contribution in [2.75, 3.05) is 11.9 Å². The molecule has 0 aliphatic heterocycles.